The van der Waals surface area contributed by atoms with Crippen LogP contribution in [0.15, 0.2) is 54.6 Å². The third-order valence-corrected chi connectivity index (χ3v) is 3.09. The van der Waals surface area contributed by atoms with E-state index in [1.54, 1.807) is 0 Å². The number of nitrogens with two attached hydrogens (primary N) is 1. The fourth-order valence-electron chi connectivity index (χ4n) is 1.95. The Morgan fingerprint density at radius 3 is 2.24 bits per heavy atom. The highest BCUT2D eigenvalue weighted by atomic mass is 35.5. The highest BCUT2D eigenvalue weighted by molar-refractivity contribution is 5.85. The van der Waals surface area contributed by atoms with Gasteiger partial charge < -0.3 is 21.6 Å². The highest BCUT2D eigenvalue weighted by Crippen LogP contribution is 2.10. The predicted octanol–water partition coefficient (Wildman–Crippen LogP) is 1.73. The largest absolute Gasteiger partial charge is 0.412 e. The van der Waals surface area contributed by atoms with Crippen LogP contribution in [-0.2, 0) is 6.42 Å². The molecule has 0 aromatic heterocycles. The van der Waals surface area contributed by atoms with Crippen molar-refractivity contribution in [3.63, 3.8) is 0 Å². The van der Waals surface area contributed by atoms with Crippen LogP contribution in [0, 0.1) is 0 Å². The summed E-state index contributed by atoms with van der Waals surface area (Å²) in [5, 5.41) is 13.2. The molecular weight excluding hydrogens is 288 g/mol. The van der Waals surface area contributed by atoms with Gasteiger partial charge in [0.05, 0.1) is 6.10 Å². The molecule has 6 N–H and O–H groups in total. The lowest BCUT2D eigenvalue weighted by Crippen LogP contribution is -2.23. The topological polar surface area (TPSA) is 89.8 Å². The Morgan fingerprint density at radius 2 is 1.62 bits per heavy atom. The Kier molecular flexibility index (Phi) is 9.41. The van der Waals surface area contributed by atoms with E-state index in [0.717, 1.165) is 24.2 Å². The first-order valence-corrected chi connectivity index (χ1v) is 6.54. The second-order valence-corrected chi connectivity index (χ2v) is 4.62. The van der Waals surface area contributed by atoms with Crippen LogP contribution >= 0.6 is 12.4 Å². The summed E-state index contributed by atoms with van der Waals surface area (Å²) in [4.78, 5) is 0. The third kappa shape index (κ3) is 6.60. The number of nitrogens with one attached hydrogen (secondary N) is 1. The van der Waals surface area contributed by atoms with Crippen LogP contribution in [0.2, 0.25) is 0 Å². The van der Waals surface area contributed by atoms with Crippen LogP contribution in [0.5, 0.6) is 0 Å². The number of benzene rings is 2. The number of hydrogen-bond donors (Lipinski definition) is 3. The number of aliphatic hydroxyl groups excluding tert-OH is 1. The molecule has 0 bridgehead atoms. The Bertz CT molecular complexity index is 491. The lowest BCUT2D eigenvalue weighted by atomic mass is 10.1. The number of anilines is 1. The van der Waals surface area contributed by atoms with E-state index < -0.39 is 6.10 Å². The van der Waals surface area contributed by atoms with Gasteiger partial charge in [0, 0.05) is 12.2 Å². The lowest BCUT2D eigenvalue weighted by molar-refractivity contribution is 0.175. The maximum absolute atomic E-state index is 9.98. The van der Waals surface area contributed by atoms with Crippen molar-refractivity contribution in [3.05, 3.63) is 65.7 Å². The highest BCUT2D eigenvalue weighted by Gasteiger charge is 2.05. The van der Waals surface area contributed by atoms with Crippen LogP contribution in [0.4, 0.5) is 5.69 Å². The number of halogens is 1. The number of aliphatic hydroxyl groups is 1. The monoisotopic (exact) mass is 310 g/mol. The van der Waals surface area contributed by atoms with Crippen molar-refractivity contribution in [2.45, 2.75) is 12.5 Å². The Balaban J connectivity index is 0.00000200. The molecule has 4 nitrogen and oxygen atoms in total. The SMILES string of the molecule is Cl.Nc1ccc(CCNC[C@H](O)c2ccccc2)cc1.O. The molecule has 21 heavy (non-hydrogen) atoms. The summed E-state index contributed by atoms with van der Waals surface area (Å²) in [6.07, 6.45) is 0.481. The molecule has 0 radical (unpaired) electrons. The zero-order valence-electron chi connectivity index (χ0n) is 11.8. The summed E-state index contributed by atoms with van der Waals surface area (Å²) in [5.41, 5.74) is 8.62. The van der Waals surface area contributed by atoms with Crippen LogP contribution in [0.1, 0.15) is 17.2 Å². The zero-order valence-corrected chi connectivity index (χ0v) is 12.6. The van der Waals surface area contributed by atoms with Crippen LogP contribution < -0.4 is 11.1 Å². The third-order valence-electron chi connectivity index (χ3n) is 3.09. The molecule has 1 atom stereocenters. The van der Waals surface area contributed by atoms with Crippen molar-refractivity contribution in [1.29, 1.82) is 0 Å². The van der Waals surface area contributed by atoms with Gasteiger partial charge in [-0.2, -0.15) is 0 Å². The van der Waals surface area contributed by atoms with Gasteiger partial charge in [0.25, 0.3) is 0 Å². The average molecular weight is 311 g/mol. The van der Waals surface area contributed by atoms with Gasteiger partial charge in [-0.25, -0.2) is 0 Å². The Hall–Kier alpha value is -1.59. The van der Waals surface area contributed by atoms with Gasteiger partial charge >= 0.3 is 0 Å². The molecule has 116 valence electrons. The molecule has 0 saturated heterocycles. The van der Waals surface area contributed by atoms with Crippen LogP contribution in [-0.4, -0.2) is 23.7 Å². The molecule has 0 heterocycles. The smallest absolute Gasteiger partial charge is 0.0914 e. The molecule has 0 aliphatic carbocycles. The van der Waals surface area contributed by atoms with Crippen molar-refractivity contribution >= 4 is 18.1 Å². The molecule has 0 amide bonds. The van der Waals surface area contributed by atoms with Crippen molar-refractivity contribution in [2.75, 3.05) is 18.8 Å². The molecular formula is C16H23ClN2O2. The van der Waals surface area contributed by atoms with E-state index in [9.17, 15) is 5.11 Å². The van der Waals surface area contributed by atoms with E-state index in [1.165, 1.54) is 5.56 Å². The second kappa shape index (κ2) is 10.2. The van der Waals surface area contributed by atoms with Crippen molar-refractivity contribution < 1.29 is 10.6 Å². The normalized spacial score (nSPS) is 11.1. The summed E-state index contributed by atoms with van der Waals surface area (Å²) in [6, 6.07) is 17.6. The molecule has 0 aliphatic rings. The maximum Gasteiger partial charge on any atom is 0.0914 e. The quantitative estimate of drug-likeness (QED) is 0.560. The number of hydrogen-bond acceptors (Lipinski definition) is 3. The average Bonchev–Trinajstić information content (AvgIpc) is 2.46. The molecule has 2 aromatic rings. The molecule has 5 heteroatoms. The minimum atomic E-state index is -0.451. The first-order valence-electron chi connectivity index (χ1n) is 6.54. The standard InChI is InChI=1S/C16H20N2O.ClH.H2O/c17-15-8-6-13(7-9-15)10-11-18-12-16(19)14-4-2-1-3-5-14;;/h1-9,16,18-19H,10-12,17H2;1H;1H2/t16-;;/m0../s1. The molecule has 2 rings (SSSR count). The van der Waals surface area contributed by atoms with Gasteiger partial charge in [-0.05, 0) is 36.2 Å². The van der Waals surface area contributed by atoms with Crippen molar-refractivity contribution in [2.24, 2.45) is 0 Å². The summed E-state index contributed by atoms with van der Waals surface area (Å²) < 4.78 is 0. The summed E-state index contributed by atoms with van der Waals surface area (Å²) in [5.74, 6) is 0. The van der Waals surface area contributed by atoms with Gasteiger partial charge in [-0.1, -0.05) is 42.5 Å². The van der Waals surface area contributed by atoms with Gasteiger partial charge in [0.15, 0.2) is 0 Å². The van der Waals surface area contributed by atoms with Crippen LogP contribution in [0.3, 0.4) is 0 Å². The Labute approximate surface area is 131 Å². The number of nitrogen functional groups attached to an aromatic ring is 1. The molecule has 0 spiro atoms. The van der Waals surface area contributed by atoms with Crippen molar-refractivity contribution in [3.8, 4) is 0 Å². The van der Waals surface area contributed by atoms with E-state index in [2.05, 4.69) is 5.32 Å². The molecule has 0 unspecified atom stereocenters. The maximum atomic E-state index is 9.98. The van der Waals surface area contributed by atoms with Gasteiger partial charge in [-0.3, -0.25) is 0 Å². The Morgan fingerprint density at radius 1 is 1.00 bits per heavy atom. The summed E-state index contributed by atoms with van der Waals surface area (Å²) in [6.45, 7) is 1.41. The van der Waals surface area contributed by atoms with Gasteiger partial charge in [0.2, 0.25) is 0 Å². The fourth-order valence-corrected chi connectivity index (χ4v) is 1.95. The summed E-state index contributed by atoms with van der Waals surface area (Å²) in [7, 11) is 0. The van der Waals surface area contributed by atoms with E-state index in [0.29, 0.717) is 6.54 Å². The summed E-state index contributed by atoms with van der Waals surface area (Å²) >= 11 is 0. The molecule has 0 saturated carbocycles. The van der Waals surface area contributed by atoms with Gasteiger partial charge in [0.1, 0.15) is 0 Å². The molecule has 2 aromatic carbocycles. The molecule has 0 aliphatic heterocycles. The van der Waals surface area contributed by atoms with Crippen molar-refractivity contribution in [1.82, 2.24) is 5.32 Å². The fraction of sp³-hybridized carbons (Fsp3) is 0.250. The minimum absolute atomic E-state index is 0. The first kappa shape index (κ1) is 19.4. The van der Waals surface area contributed by atoms with E-state index >= 15 is 0 Å². The van der Waals surface area contributed by atoms with E-state index in [1.807, 2.05) is 54.6 Å². The predicted molar refractivity (Wildman–Crippen MR) is 89.7 cm³/mol. The second-order valence-electron chi connectivity index (χ2n) is 4.62. The molecule has 0 fully saturated rings. The minimum Gasteiger partial charge on any atom is -0.412 e. The lowest BCUT2D eigenvalue weighted by Gasteiger charge is -2.12. The van der Waals surface area contributed by atoms with E-state index in [-0.39, 0.29) is 17.9 Å². The van der Waals surface area contributed by atoms with E-state index in [4.69, 9.17) is 5.73 Å². The number of rotatable bonds is 6. The zero-order chi connectivity index (χ0) is 13.5. The first-order chi connectivity index (χ1) is 9.25. The van der Waals surface area contributed by atoms with Gasteiger partial charge in [-0.15, -0.1) is 12.4 Å². The van der Waals surface area contributed by atoms with Crippen LogP contribution in [0.25, 0.3) is 0 Å².